The first kappa shape index (κ1) is 12.5. The number of rotatable bonds is 4. The van der Waals surface area contributed by atoms with Crippen molar-refractivity contribution in [3.05, 3.63) is 29.0 Å². The molecule has 0 unspecified atom stereocenters. The molecule has 2 heterocycles. The number of hydrogen-bond acceptors (Lipinski definition) is 5. The van der Waals surface area contributed by atoms with Gasteiger partial charge in [0.25, 0.3) is 0 Å². The van der Waals surface area contributed by atoms with E-state index in [1.807, 2.05) is 16.9 Å². The van der Waals surface area contributed by atoms with Gasteiger partial charge in [0.2, 0.25) is 0 Å². The van der Waals surface area contributed by atoms with E-state index < -0.39 is 0 Å². The summed E-state index contributed by atoms with van der Waals surface area (Å²) in [5.41, 5.74) is 0.837. The highest BCUT2D eigenvalue weighted by Crippen LogP contribution is 2.27. The zero-order valence-corrected chi connectivity index (χ0v) is 11.5. The molecule has 0 bridgehead atoms. The lowest BCUT2D eigenvalue weighted by molar-refractivity contribution is 0.0995. The molecule has 2 aromatic heterocycles. The predicted molar refractivity (Wildman–Crippen MR) is 72.3 cm³/mol. The van der Waals surface area contributed by atoms with Gasteiger partial charge >= 0.3 is 0 Å². The van der Waals surface area contributed by atoms with Crippen LogP contribution >= 0.6 is 11.5 Å². The standard InChI is InChI=1S/C13H16N4OS/c18-12(13-9-14-16-19-13)8-10-6-7-17(15-10)11-4-2-1-3-5-11/h6-7,9,11H,1-5,8H2. The summed E-state index contributed by atoms with van der Waals surface area (Å²) in [6, 6.07) is 2.46. The van der Waals surface area contributed by atoms with E-state index in [0.29, 0.717) is 17.3 Å². The molecule has 1 saturated carbocycles. The Hall–Kier alpha value is -1.56. The van der Waals surface area contributed by atoms with Crippen molar-refractivity contribution in [3.63, 3.8) is 0 Å². The molecule has 3 rings (SSSR count). The monoisotopic (exact) mass is 276 g/mol. The summed E-state index contributed by atoms with van der Waals surface area (Å²) in [6.45, 7) is 0. The van der Waals surface area contributed by atoms with Crippen molar-refractivity contribution in [1.29, 1.82) is 0 Å². The summed E-state index contributed by atoms with van der Waals surface area (Å²) in [7, 11) is 0. The van der Waals surface area contributed by atoms with Gasteiger partial charge in [0.05, 0.1) is 24.4 Å². The highest BCUT2D eigenvalue weighted by molar-refractivity contribution is 7.07. The summed E-state index contributed by atoms with van der Waals surface area (Å²) in [5.74, 6) is 0.0453. The molecule has 1 aliphatic rings. The molecule has 0 amide bonds. The molecule has 1 fully saturated rings. The molecule has 2 aromatic rings. The van der Waals surface area contributed by atoms with Crippen LogP contribution < -0.4 is 0 Å². The molecule has 19 heavy (non-hydrogen) atoms. The van der Waals surface area contributed by atoms with Crippen LogP contribution in [-0.4, -0.2) is 25.2 Å². The van der Waals surface area contributed by atoms with Gasteiger partial charge in [0.1, 0.15) is 4.88 Å². The SMILES string of the molecule is O=C(Cc1ccn(C2CCCCC2)n1)c1cnns1. The largest absolute Gasteiger partial charge is 0.293 e. The number of carbonyl (C=O) groups excluding carboxylic acids is 1. The molecule has 5 nitrogen and oxygen atoms in total. The number of hydrogen-bond donors (Lipinski definition) is 0. The van der Waals surface area contributed by atoms with E-state index in [9.17, 15) is 4.79 Å². The summed E-state index contributed by atoms with van der Waals surface area (Å²) in [5, 5.41) is 8.23. The molecule has 0 N–H and O–H groups in total. The first-order valence-electron chi connectivity index (χ1n) is 6.67. The minimum absolute atomic E-state index is 0.0453. The van der Waals surface area contributed by atoms with Crippen LogP contribution in [-0.2, 0) is 6.42 Å². The smallest absolute Gasteiger partial charge is 0.182 e. The van der Waals surface area contributed by atoms with Crippen LogP contribution in [0.5, 0.6) is 0 Å². The van der Waals surface area contributed by atoms with Gasteiger partial charge < -0.3 is 0 Å². The maximum Gasteiger partial charge on any atom is 0.182 e. The average molecular weight is 276 g/mol. The number of Topliss-reactive ketones (excluding diaryl/α,β-unsaturated/α-hetero) is 1. The molecule has 0 aromatic carbocycles. The van der Waals surface area contributed by atoms with Crippen LogP contribution in [0.2, 0.25) is 0 Å². The zero-order chi connectivity index (χ0) is 13.1. The Bertz CT molecular complexity index is 543. The number of aromatic nitrogens is 4. The predicted octanol–water partition coefficient (Wildman–Crippen LogP) is 2.67. The summed E-state index contributed by atoms with van der Waals surface area (Å²) < 4.78 is 5.74. The van der Waals surface area contributed by atoms with Crippen molar-refractivity contribution in [1.82, 2.24) is 19.4 Å². The fourth-order valence-electron chi connectivity index (χ4n) is 2.56. The van der Waals surface area contributed by atoms with Gasteiger partial charge in [-0.15, -0.1) is 5.10 Å². The van der Waals surface area contributed by atoms with Crippen molar-refractivity contribution < 1.29 is 4.79 Å². The molecule has 1 aliphatic carbocycles. The second-order valence-corrected chi connectivity index (χ2v) is 5.75. The van der Waals surface area contributed by atoms with Crippen molar-refractivity contribution in [2.24, 2.45) is 0 Å². The van der Waals surface area contributed by atoms with E-state index in [1.165, 1.54) is 38.3 Å². The van der Waals surface area contributed by atoms with Gasteiger partial charge in [-0.2, -0.15) is 5.10 Å². The summed E-state index contributed by atoms with van der Waals surface area (Å²) >= 11 is 1.14. The second-order valence-electron chi connectivity index (χ2n) is 4.96. The van der Waals surface area contributed by atoms with Gasteiger partial charge in [-0.05, 0) is 30.4 Å². The molecular formula is C13H16N4OS. The molecule has 0 aliphatic heterocycles. The van der Waals surface area contributed by atoms with Gasteiger partial charge in [0, 0.05) is 6.20 Å². The van der Waals surface area contributed by atoms with Crippen LogP contribution in [0, 0.1) is 0 Å². The molecule has 0 spiro atoms. The lowest BCUT2D eigenvalue weighted by Crippen LogP contribution is -2.14. The fraction of sp³-hybridized carbons (Fsp3) is 0.538. The molecule has 0 atom stereocenters. The Labute approximate surface area is 115 Å². The highest BCUT2D eigenvalue weighted by Gasteiger charge is 2.17. The van der Waals surface area contributed by atoms with Crippen molar-refractivity contribution in [2.75, 3.05) is 0 Å². The van der Waals surface area contributed by atoms with Gasteiger partial charge in [-0.3, -0.25) is 9.48 Å². The second kappa shape index (κ2) is 5.61. The van der Waals surface area contributed by atoms with Crippen molar-refractivity contribution in [2.45, 2.75) is 44.6 Å². The molecule has 0 radical (unpaired) electrons. The Balaban J connectivity index is 1.66. The summed E-state index contributed by atoms with van der Waals surface area (Å²) in [4.78, 5) is 12.5. The maximum absolute atomic E-state index is 11.9. The lowest BCUT2D eigenvalue weighted by atomic mass is 9.96. The van der Waals surface area contributed by atoms with E-state index >= 15 is 0 Å². The third-order valence-corrected chi connectivity index (χ3v) is 4.30. The first-order chi connectivity index (χ1) is 9.33. The third-order valence-electron chi connectivity index (χ3n) is 3.59. The fourth-order valence-corrected chi connectivity index (χ4v) is 3.01. The number of carbonyl (C=O) groups is 1. The van der Waals surface area contributed by atoms with E-state index in [4.69, 9.17) is 0 Å². The first-order valence-corrected chi connectivity index (χ1v) is 7.45. The lowest BCUT2D eigenvalue weighted by Gasteiger charge is -2.21. The topological polar surface area (TPSA) is 60.7 Å². The molecule has 0 saturated heterocycles. The number of ketones is 1. The minimum atomic E-state index is 0.0453. The molecule has 100 valence electrons. The van der Waals surface area contributed by atoms with Crippen LogP contribution in [0.25, 0.3) is 0 Å². The van der Waals surface area contributed by atoms with E-state index in [-0.39, 0.29) is 5.78 Å². The average Bonchev–Trinajstić information content (AvgIpc) is 3.11. The minimum Gasteiger partial charge on any atom is -0.293 e. The van der Waals surface area contributed by atoms with Crippen molar-refractivity contribution >= 4 is 17.3 Å². The van der Waals surface area contributed by atoms with Crippen molar-refractivity contribution in [3.8, 4) is 0 Å². The van der Waals surface area contributed by atoms with Crippen LogP contribution in [0.3, 0.4) is 0 Å². The zero-order valence-electron chi connectivity index (χ0n) is 10.7. The Morgan fingerprint density at radius 2 is 2.21 bits per heavy atom. The quantitative estimate of drug-likeness (QED) is 0.805. The third kappa shape index (κ3) is 2.89. The Kier molecular flexibility index (Phi) is 3.68. The normalized spacial score (nSPS) is 16.6. The number of nitrogens with zero attached hydrogens (tertiary/aromatic N) is 4. The maximum atomic E-state index is 11.9. The van der Waals surface area contributed by atoms with Gasteiger partial charge in [-0.25, -0.2) is 0 Å². The van der Waals surface area contributed by atoms with Crippen LogP contribution in [0.15, 0.2) is 18.5 Å². The summed E-state index contributed by atoms with van der Waals surface area (Å²) in [6.07, 6.45) is 10.2. The van der Waals surface area contributed by atoms with Gasteiger partial charge in [-0.1, -0.05) is 23.8 Å². The van der Waals surface area contributed by atoms with Gasteiger partial charge in [0.15, 0.2) is 5.78 Å². The highest BCUT2D eigenvalue weighted by atomic mass is 32.1. The molecular weight excluding hydrogens is 260 g/mol. The Morgan fingerprint density at radius 1 is 1.37 bits per heavy atom. The van der Waals surface area contributed by atoms with E-state index in [0.717, 1.165) is 17.2 Å². The van der Waals surface area contributed by atoms with Crippen LogP contribution in [0.1, 0.15) is 53.5 Å². The Morgan fingerprint density at radius 3 is 2.95 bits per heavy atom. The van der Waals surface area contributed by atoms with E-state index in [1.54, 1.807) is 0 Å². The molecule has 6 heteroatoms. The van der Waals surface area contributed by atoms with Crippen LogP contribution in [0.4, 0.5) is 0 Å². The van der Waals surface area contributed by atoms with E-state index in [2.05, 4.69) is 14.7 Å².